The highest BCUT2D eigenvalue weighted by molar-refractivity contribution is 7.09. The Kier molecular flexibility index (Phi) is 6.79. The van der Waals surface area contributed by atoms with Crippen molar-refractivity contribution in [2.45, 2.75) is 45.6 Å². The van der Waals surface area contributed by atoms with Gasteiger partial charge in [-0.3, -0.25) is 4.79 Å². The number of hydrogen-bond donors (Lipinski definition) is 1. The molecule has 24 heavy (non-hydrogen) atoms. The molecule has 0 saturated heterocycles. The van der Waals surface area contributed by atoms with Crippen molar-refractivity contribution in [1.82, 2.24) is 10.3 Å². The number of nitrogens with zero attached hydrogens (tertiary/aromatic N) is 1. The van der Waals surface area contributed by atoms with E-state index in [9.17, 15) is 4.79 Å². The van der Waals surface area contributed by atoms with Gasteiger partial charge in [0.25, 0.3) is 0 Å². The van der Waals surface area contributed by atoms with Crippen LogP contribution in [-0.4, -0.2) is 18.0 Å². The average Bonchev–Trinajstić information content (AvgIpc) is 3.08. The molecule has 1 aromatic carbocycles. The van der Waals surface area contributed by atoms with E-state index >= 15 is 0 Å². The minimum absolute atomic E-state index is 0.000525. The van der Waals surface area contributed by atoms with E-state index in [1.165, 1.54) is 0 Å². The molecule has 0 spiro atoms. The molecule has 1 N–H and O–H groups in total. The first kappa shape index (κ1) is 18.5. The predicted octanol–water partition coefficient (Wildman–Crippen LogP) is 4.55. The lowest BCUT2D eigenvalue weighted by atomic mass is 9.97. The van der Waals surface area contributed by atoms with Gasteiger partial charge in [-0.15, -0.1) is 11.3 Å². The minimum atomic E-state index is 0.000525. The van der Waals surface area contributed by atoms with Crippen LogP contribution >= 0.6 is 11.3 Å². The smallest absolute Gasteiger partial charge is 0.221 e. The number of aromatic nitrogens is 1. The third-order valence-corrected chi connectivity index (χ3v) is 4.86. The van der Waals surface area contributed by atoms with E-state index in [4.69, 9.17) is 4.74 Å². The molecule has 2 unspecified atom stereocenters. The Morgan fingerprint density at radius 2 is 1.96 bits per heavy atom. The second-order valence-corrected chi connectivity index (χ2v) is 7.42. The lowest BCUT2D eigenvalue weighted by Gasteiger charge is -2.20. The molecule has 0 fully saturated rings. The van der Waals surface area contributed by atoms with Gasteiger partial charge >= 0.3 is 0 Å². The molecule has 1 aromatic heterocycles. The number of thiazole rings is 1. The van der Waals surface area contributed by atoms with Gasteiger partial charge in [-0.1, -0.05) is 32.9 Å². The van der Waals surface area contributed by atoms with Crippen molar-refractivity contribution in [1.29, 1.82) is 0 Å². The molecule has 0 bridgehead atoms. The van der Waals surface area contributed by atoms with Crippen molar-refractivity contribution in [3.05, 3.63) is 46.4 Å². The molecule has 0 saturated carbocycles. The molecule has 4 nitrogen and oxygen atoms in total. The Bertz CT molecular complexity index is 623. The van der Waals surface area contributed by atoms with E-state index in [0.717, 1.165) is 22.7 Å². The summed E-state index contributed by atoms with van der Waals surface area (Å²) >= 11 is 1.59. The molecule has 0 aliphatic heterocycles. The molecule has 2 aromatic rings. The van der Waals surface area contributed by atoms with Crippen molar-refractivity contribution in [3.63, 3.8) is 0 Å². The molecule has 2 rings (SSSR count). The van der Waals surface area contributed by atoms with Crippen molar-refractivity contribution in [3.8, 4) is 5.75 Å². The number of amides is 1. The van der Waals surface area contributed by atoms with Crippen LogP contribution in [0.15, 0.2) is 35.8 Å². The summed E-state index contributed by atoms with van der Waals surface area (Å²) < 4.78 is 5.18. The zero-order valence-corrected chi connectivity index (χ0v) is 15.6. The monoisotopic (exact) mass is 346 g/mol. The highest BCUT2D eigenvalue weighted by Crippen LogP contribution is 2.25. The van der Waals surface area contributed by atoms with Gasteiger partial charge in [-0.25, -0.2) is 4.98 Å². The molecular weight excluding hydrogens is 320 g/mol. The maximum atomic E-state index is 12.5. The first-order chi connectivity index (χ1) is 11.5. The summed E-state index contributed by atoms with van der Waals surface area (Å²) in [7, 11) is 1.65. The van der Waals surface area contributed by atoms with Crippen LogP contribution < -0.4 is 10.1 Å². The lowest BCUT2D eigenvalue weighted by Crippen LogP contribution is -2.30. The second-order valence-electron chi connectivity index (χ2n) is 6.50. The summed E-state index contributed by atoms with van der Waals surface area (Å²) in [5.74, 6) is 1.56. The number of ether oxygens (including phenoxy) is 1. The second kappa shape index (κ2) is 8.83. The Labute approximate surface area is 148 Å². The van der Waals surface area contributed by atoms with E-state index in [0.29, 0.717) is 12.3 Å². The Morgan fingerprint density at radius 3 is 2.50 bits per heavy atom. The Balaban J connectivity index is 1.96. The molecule has 5 heteroatoms. The van der Waals surface area contributed by atoms with Crippen LogP contribution in [0.2, 0.25) is 0 Å². The Morgan fingerprint density at radius 1 is 1.25 bits per heavy atom. The zero-order chi connectivity index (χ0) is 17.5. The van der Waals surface area contributed by atoms with Gasteiger partial charge in [0.15, 0.2) is 0 Å². The summed E-state index contributed by atoms with van der Waals surface area (Å²) in [6.07, 6.45) is 3.15. The van der Waals surface area contributed by atoms with Crippen LogP contribution in [0.5, 0.6) is 5.75 Å². The highest BCUT2D eigenvalue weighted by atomic mass is 32.1. The number of hydrogen-bond acceptors (Lipinski definition) is 4. The summed E-state index contributed by atoms with van der Waals surface area (Å²) in [6, 6.07) is 7.90. The SMILES string of the molecule is COc1ccc(C(C)CC(=O)NC(CC(C)C)c2nccs2)cc1. The van der Waals surface area contributed by atoms with Gasteiger partial charge in [0.1, 0.15) is 10.8 Å². The largest absolute Gasteiger partial charge is 0.497 e. The first-order valence-corrected chi connectivity index (χ1v) is 9.20. The molecule has 130 valence electrons. The van der Waals surface area contributed by atoms with Crippen molar-refractivity contribution < 1.29 is 9.53 Å². The molecule has 1 amide bonds. The fraction of sp³-hybridized carbons (Fsp3) is 0.474. The van der Waals surface area contributed by atoms with Crippen molar-refractivity contribution in [2.24, 2.45) is 5.92 Å². The number of rotatable bonds is 8. The first-order valence-electron chi connectivity index (χ1n) is 8.32. The summed E-state index contributed by atoms with van der Waals surface area (Å²) in [5, 5.41) is 6.09. The molecule has 0 aliphatic carbocycles. The highest BCUT2D eigenvalue weighted by Gasteiger charge is 2.20. The van der Waals surface area contributed by atoms with E-state index in [2.05, 4.69) is 31.1 Å². The number of carbonyl (C=O) groups is 1. The number of nitrogens with one attached hydrogen (secondary N) is 1. The lowest BCUT2D eigenvalue weighted by molar-refractivity contribution is -0.122. The number of benzene rings is 1. The quantitative estimate of drug-likeness (QED) is 0.763. The van der Waals surface area contributed by atoms with E-state index in [1.807, 2.05) is 29.6 Å². The molecule has 2 atom stereocenters. The third-order valence-electron chi connectivity index (χ3n) is 3.97. The van der Waals surface area contributed by atoms with Crippen LogP contribution in [0.3, 0.4) is 0 Å². The van der Waals surface area contributed by atoms with Gasteiger partial charge in [-0.05, 0) is 36.0 Å². The maximum absolute atomic E-state index is 12.5. The summed E-state index contributed by atoms with van der Waals surface area (Å²) in [6.45, 7) is 6.39. The van der Waals surface area contributed by atoms with Gasteiger partial charge in [0, 0.05) is 18.0 Å². The van der Waals surface area contributed by atoms with Crippen LogP contribution in [0, 0.1) is 5.92 Å². The Hall–Kier alpha value is -1.88. The molecule has 0 aliphatic rings. The van der Waals surface area contributed by atoms with Gasteiger partial charge in [-0.2, -0.15) is 0 Å². The van der Waals surface area contributed by atoms with E-state index < -0.39 is 0 Å². The third kappa shape index (κ3) is 5.34. The van der Waals surface area contributed by atoms with Gasteiger partial charge < -0.3 is 10.1 Å². The number of methoxy groups -OCH3 is 1. The molecule has 1 heterocycles. The minimum Gasteiger partial charge on any atom is -0.497 e. The van der Waals surface area contributed by atoms with Gasteiger partial charge in [0.2, 0.25) is 5.91 Å². The standard InChI is InChI=1S/C19H26N2O2S/c1-13(2)11-17(19-20-9-10-24-19)21-18(22)12-14(3)15-5-7-16(23-4)8-6-15/h5-10,13-14,17H,11-12H2,1-4H3,(H,21,22). The van der Waals surface area contributed by atoms with Gasteiger partial charge in [0.05, 0.1) is 13.2 Å². The van der Waals surface area contributed by atoms with Crippen molar-refractivity contribution in [2.75, 3.05) is 7.11 Å². The summed E-state index contributed by atoms with van der Waals surface area (Å²) in [4.78, 5) is 16.8. The van der Waals surface area contributed by atoms with Crippen LogP contribution in [-0.2, 0) is 4.79 Å². The maximum Gasteiger partial charge on any atom is 0.221 e. The van der Waals surface area contributed by atoms with Crippen LogP contribution in [0.1, 0.15) is 56.1 Å². The van der Waals surface area contributed by atoms with Crippen LogP contribution in [0.25, 0.3) is 0 Å². The van der Waals surface area contributed by atoms with E-state index in [-0.39, 0.29) is 17.9 Å². The zero-order valence-electron chi connectivity index (χ0n) is 14.8. The van der Waals surface area contributed by atoms with Crippen LogP contribution in [0.4, 0.5) is 0 Å². The summed E-state index contributed by atoms with van der Waals surface area (Å²) in [5.41, 5.74) is 1.14. The normalized spacial score (nSPS) is 13.5. The number of carbonyl (C=O) groups excluding carboxylic acids is 1. The molecule has 0 radical (unpaired) electrons. The fourth-order valence-corrected chi connectivity index (χ4v) is 3.38. The fourth-order valence-electron chi connectivity index (χ4n) is 2.68. The van der Waals surface area contributed by atoms with Crippen molar-refractivity contribution >= 4 is 17.2 Å². The van der Waals surface area contributed by atoms with E-state index in [1.54, 1.807) is 24.6 Å². The average molecular weight is 346 g/mol. The molecular formula is C19H26N2O2S. The topological polar surface area (TPSA) is 51.2 Å². The predicted molar refractivity (Wildman–Crippen MR) is 98.5 cm³/mol.